The van der Waals surface area contributed by atoms with Gasteiger partial charge in [-0.05, 0) is 78.4 Å². The fourth-order valence-electron chi connectivity index (χ4n) is 4.22. The number of nitrogens with zero attached hydrogens (tertiary/aromatic N) is 2. The van der Waals surface area contributed by atoms with E-state index in [1.165, 1.54) is 0 Å². The number of nitrogens with two attached hydrogens (primary N) is 1. The van der Waals surface area contributed by atoms with E-state index in [-0.39, 0.29) is 5.78 Å². The lowest BCUT2D eigenvalue weighted by Crippen LogP contribution is -2.41. The number of carbonyl (C=O) groups is 1. The molecule has 0 saturated carbocycles. The van der Waals surface area contributed by atoms with Gasteiger partial charge in [0.25, 0.3) is 0 Å². The minimum atomic E-state index is -1.07. The van der Waals surface area contributed by atoms with Crippen molar-refractivity contribution in [1.82, 2.24) is 10.3 Å². The van der Waals surface area contributed by atoms with Crippen molar-refractivity contribution in [3.05, 3.63) is 112 Å². The number of anilines is 1. The SMILES string of the molecule is Nc1ccc(C23C=C4C=CC(=N4)C=c4ccc([nH]4)=CC4=NC(=CC(=CC2=O)N3)C=C4)cc1. The summed E-state index contributed by atoms with van der Waals surface area (Å²) < 4.78 is 0. The maximum Gasteiger partial charge on any atom is 0.191 e. The fraction of sp³-hybridized carbons (Fsp3) is 0.0385. The molecule has 6 nitrogen and oxygen atoms in total. The molecule has 8 bridgehead atoms. The van der Waals surface area contributed by atoms with Crippen molar-refractivity contribution in [2.45, 2.75) is 5.54 Å². The van der Waals surface area contributed by atoms with Crippen LogP contribution in [0.5, 0.6) is 0 Å². The van der Waals surface area contributed by atoms with E-state index >= 15 is 0 Å². The zero-order valence-corrected chi connectivity index (χ0v) is 17.0. The van der Waals surface area contributed by atoms with Crippen LogP contribution in [-0.4, -0.2) is 22.2 Å². The molecule has 5 heterocycles. The van der Waals surface area contributed by atoms with Gasteiger partial charge < -0.3 is 16.0 Å². The van der Waals surface area contributed by atoms with E-state index in [4.69, 9.17) is 10.7 Å². The molecular formula is C26H19N5O. The number of benzene rings is 1. The number of allylic oxidation sites excluding steroid dienone is 5. The number of fused-ring (bicyclic) bond motifs is 6. The van der Waals surface area contributed by atoms with Crippen LogP contribution in [0.3, 0.4) is 0 Å². The smallest absolute Gasteiger partial charge is 0.191 e. The number of aromatic amines is 1. The third-order valence-electron chi connectivity index (χ3n) is 5.75. The second kappa shape index (κ2) is 6.78. The molecule has 0 aliphatic carbocycles. The lowest BCUT2D eigenvalue weighted by atomic mass is 9.86. The van der Waals surface area contributed by atoms with Crippen LogP contribution in [0.25, 0.3) is 12.2 Å². The van der Waals surface area contributed by atoms with Gasteiger partial charge in [0.2, 0.25) is 0 Å². The van der Waals surface area contributed by atoms with Crippen molar-refractivity contribution in [2.24, 2.45) is 9.98 Å². The van der Waals surface area contributed by atoms with Crippen LogP contribution in [0.15, 0.2) is 106 Å². The summed E-state index contributed by atoms with van der Waals surface area (Å²) in [6, 6.07) is 11.4. The first-order valence-electron chi connectivity index (χ1n) is 10.3. The maximum absolute atomic E-state index is 13.4. The molecule has 154 valence electrons. The highest BCUT2D eigenvalue weighted by Gasteiger charge is 2.42. The Morgan fingerprint density at radius 3 is 2.12 bits per heavy atom. The lowest BCUT2D eigenvalue weighted by molar-refractivity contribution is -0.118. The molecule has 32 heavy (non-hydrogen) atoms. The molecule has 4 N–H and O–H groups in total. The van der Waals surface area contributed by atoms with Gasteiger partial charge >= 0.3 is 0 Å². The minimum Gasteiger partial charge on any atom is -0.399 e. The summed E-state index contributed by atoms with van der Waals surface area (Å²) in [5, 5.41) is 5.33. The normalized spacial score (nSPS) is 22.9. The summed E-state index contributed by atoms with van der Waals surface area (Å²) in [5.41, 5.74) is 10.1. The van der Waals surface area contributed by atoms with E-state index in [0.29, 0.717) is 17.1 Å². The van der Waals surface area contributed by atoms with E-state index in [1.54, 1.807) is 18.2 Å². The predicted molar refractivity (Wildman–Crippen MR) is 127 cm³/mol. The van der Waals surface area contributed by atoms with Gasteiger partial charge in [-0.1, -0.05) is 12.1 Å². The Labute approximate surface area is 184 Å². The number of aliphatic imine (C=N–C) groups is 2. The molecule has 0 spiro atoms. The van der Waals surface area contributed by atoms with Crippen molar-refractivity contribution in [3.63, 3.8) is 0 Å². The molecule has 4 aliphatic heterocycles. The van der Waals surface area contributed by atoms with Gasteiger partial charge in [-0.15, -0.1) is 0 Å². The van der Waals surface area contributed by atoms with Crippen LogP contribution < -0.4 is 21.7 Å². The first-order valence-corrected chi connectivity index (χ1v) is 10.3. The molecule has 0 saturated heterocycles. The average Bonchev–Trinajstić information content (AvgIpc) is 3.54. The number of nitrogen functional groups attached to an aromatic ring is 1. The van der Waals surface area contributed by atoms with Gasteiger partial charge in [0.15, 0.2) is 5.78 Å². The van der Waals surface area contributed by atoms with E-state index in [1.807, 2.05) is 72.9 Å². The Balaban J connectivity index is 1.56. The predicted octanol–water partition coefficient (Wildman–Crippen LogP) is 1.91. The molecule has 1 atom stereocenters. The molecule has 1 aromatic carbocycles. The largest absolute Gasteiger partial charge is 0.399 e. The van der Waals surface area contributed by atoms with Gasteiger partial charge in [0.05, 0.1) is 22.8 Å². The second-order valence-electron chi connectivity index (χ2n) is 8.06. The Morgan fingerprint density at radius 1 is 0.750 bits per heavy atom. The number of H-pyrrole nitrogens is 1. The number of aromatic nitrogens is 1. The molecule has 6 rings (SSSR count). The Bertz CT molecular complexity index is 1510. The summed E-state index contributed by atoms with van der Waals surface area (Å²) >= 11 is 0. The number of hydrogen-bond acceptors (Lipinski definition) is 5. The minimum absolute atomic E-state index is 0.0710. The van der Waals surface area contributed by atoms with E-state index in [9.17, 15) is 4.79 Å². The van der Waals surface area contributed by atoms with E-state index in [2.05, 4.69) is 15.3 Å². The fourth-order valence-corrected chi connectivity index (χ4v) is 4.22. The van der Waals surface area contributed by atoms with Gasteiger partial charge in [0, 0.05) is 28.2 Å². The van der Waals surface area contributed by atoms with Crippen LogP contribution in [0.1, 0.15) is 5.56 Å². The van der Waals surface area contributed by atoms with Gasteiger partial charge in [-0.25, -0.2) is 9.98 Å². The van der Waals surface area contributed by atoms with E-state index in [0.717, 1.165) is 33.4 Å². The Hall–Kier alpha value is -4.45. The van der Waals surface area contributed by atoms with E-state index < -0.39 is 5.54 Å². The second-order valence-corrected chi connectivity index (χ2v) is 8.06. The molecule has 2 aromatic rings. The van der Waals surface area contributed by atoms with Gasteiger partial charge in [0.1, 0.15) is 5.54 Å². The molecule has 0 amide bonds. The van der Waals surface area contributed by atoms with Crippen LogP contribution >= 0.6 is 0 Å². The third-order valence-corrected chi connectivity index (χ3v) is 5.75. The van der Waals surface area contributed by atoms with Crippen LogP contribution in [0.2, 0.25) is 0 Å². The standard InChI is InChI=1S/C26H19N5O/c27-17-3-1-16(2-4-17)26-15-23-10-9-21(30-23)12-20-6-5-18(28-20)11-19-7-8-22(29-19)13-24(31-26)14-25(26)32/h1-15,28,31H,27H2. The van der Waals surface area contributed by atoms with Crippen LogP contribution in [0.4, 0.5) is 5.69 Å². The van der Waals surface area contributed by atoms with Crippen LogP contribution in [-0.2, 0) is 10.3 Å². The molecule has 1 unspecified atom stereocenters. The van der Waals surface area contributed by atoms with Crippen molar-refractivity contribution in [2.75, 3.05) is 5.73 Å². The Morgan fingerprint density at radius 2 is 1.41 bits per heavy atom. The zero-order chi connectivity index (χ0) is 21.7. The zero-order valence-electron chi connectivity index (χ0n) is 17.0. The number of nitrogens with one attached hydrogen (secondary N) is 2. The molecule has 1 aromatic heterocycles. The topological polar surface area (TPSA) is 95.6 Å². The average molecular weight is 417 g/mol. The highest BCUT2D eigenvalue weighted by molar-refractivity contribution is 6.20. The highest BCUT2D eigenvalue weighted by Crippen LogP contribution is 2.34. The van der Waals surface area contributed by atoms with Gasteiger partial charge in [-0.3, -0.25) is 4.79 Å². The summed E-state index contributed by atoms with van der Waals surface area (Å²) in [5.74, 6) is -0.0710. The van der Waals surface area contributed by atoms with Gasteiger partial charge in [-0.2, -0.15) is 0 Å². The first-order chi connectivity index (χ1) is 15.6. The van der Waals surface area contributed by atoms with Crippen molar-refractivity contribution in [1.29, 1.82) is 0 Å². The first kappa shape index (κ1) is 18.3. The number of hydrogen-bond donors (Lipinski definition) is 3. The highest BCUT2D eigenvalue weighted by atomic mass is 16.1. The number of rotatable bonds is 1. The lowest BCUT2D eigenvalue weighted by Gasteiger charge is -2.27. The summed E-state index contributed by atoms with van der Waals surface area (Å²) in [4.78, 5) is 26.1. The molecule has 0 fully saturated rings. The molecule has 6 heteroatoms. The summed E-state index contributed by atoms with van der Waals surface area (Å²) in [7, 11) is 0. The number of carbonyl (C=O) groups excluding carboxylic acids is 1. The quantitative estimate of drug-likeness (QED) is 0.619. The summed E-state index contributed by atoms with van der Waals surface area (Å²) in [6.07, 6.45) is 17.1. The van der Waals surface area contributed by atoms with Crippen molar-refractivity contribution >= 4 is 35.0 Å². The Kier molecular flexibility index (Phi) is 3.89. The molecule has 4 aliphatic rings. The van der Waals surface area contributed by atoms with Crippen molar-refractivity contribution < 1.29 is 4.79 Å². The van der Waals surface area contributed by atoms with Crippen molar-refractivity contribution in [3.8, 4) is 0 Å². The third kappa shape index (κ3) is 3.09. The monoisotopic (exact) mass is 417 g/mol. The maximum atomic E-state index is 13.4. The molecule has 0 radical (unpaired) electrons. The summed E-state index contributed by atoms with van der Waals surface area (Å²) in [6.45, 7) is 0. The molecular weight excluding hydrogens is 398 g/mol. The number of ketones is 1. The van der Waals surface area contributed by atoms with Crippen LogP contribution in [0, 0.1) is 0 Å².